The van der Waals surface area contributed by atoms with Crippen LogP contribution in [0.5, 0.6) is 0 Å². The molecule has 0 bridgehead atoms. The number of nitrogens with one attached hydrogen (secondary N) is 1. The maximum absolute atomic E-state index is 12.5. The Balaban J connectivity index is 1.83. The van der Waals surface area contributed by atoms with Crippen LogP contribution in [0.2, 0.25) is 0 Å². The quantitative estimate of drug-likeness (QED) is 0.860. The first-order chi connectivity index (χ1) is 9.74. The first kappa shape index (κ1) is 12.5. The SMILES string of the molecule is O=C1C[C@H](C(=O)N(Cc2ccco2)c2ccccc2)N1. The van der Waals surface area contributed by atoms with Gasteiger partial charge in [0, 0.05) is 5.69 Å². The summed E-state index contributed by atoms with van der Waals surface area (Å²) in [4.78, 5) is 25.1. The molecule has 0 unspecified atom stereocenters. The Bertz CT molecular complexity index is 599. The van der Waals surface area contributed by atoms with Crippen molar-refractivity contribution in [3.8, 4) is 0 Å². The molecule has 1 aromatic carbocycles. The highest BCUT2D eigenvalue weighted by atomic mass is 16.3. The molecule has 1 aromatic heterocycles. The minimum Gasteiger partial charge on any atom is -0.467 e. The highest BCUT2D eigenvalue weighted by Gasteiger charge is 2.35. The second kappa shape index (κ2) is 5.21. The zero-order chi connectivity index (χ0) is 13.9. The highest BCUT2D eigenvalue weighted by Crippen LogP contribution is 2.20. The molecule has 2 amide bonds. The van der Waals surface area contributed by atoms with Crippen LogP contribution in [-0.4, -0.2) is 17.9 Å². The zero-order valence-electron chi connectivity index (χ0n) is 10.8. The molecule has 0 radical (unpaired) electrons. The van der Waals surface area contributed by atoms with Gasteiger partial charge in [-0.15, -0.1) is 0 Å². The molecule has 5 nitrogen and oxygen atoms in total. The minimum absolute atomic E-state index is 0.0886. The number of anilines is 1. The van der Waals surface area contributed by atoms with Crippen LogP contribution < -0.4 is 10.2 Å². The molecule has 0 saturated carbocycles. The van der Waals surface area contributed by atoms with Crippen molar-refractivity contribution in [3.05, 3.63) is 54.5 Å². The first-order valence-electron chi connectivity index (χ1n) is 6.42. The van der Waals surface area contributed by atoms with Crippen LogP contribution in [0.15, 0.2) is 53.1 Å². The summed E-state index contributed by atoms with van der Waals surface area (Å²) < 4.78 is 5.31. The third kappa shape index (κ3) is 2.42. The predicted molar refractivity (Wildman–Crippen MR) is 72.9 cm³/mol. The van der Waals surface area contributed by atoms with Crippen LogP contribution in [0.25, 0.3) is 0 Å². The van der Waals surface area contributed by atoms with Gasteiger partial charge in [-0.2, -0.15) is 0 Å². The number of para-hydroxylation sites is 1. The molecule has 2 heterocycles. The molecule has 5 heteroatoms. The predicted octanol–water partition coefficient (Wildman–Crippen LogP) is 1.70. The molecule has 1 saturated heterocycles. The van der Waals surface area contributed by atoms with E-state index in [2.05, 4.69) is 5.32 Å². The van der Waals surface area contributed by atoms with Crippen molar-refractivity contribution in [1.82, 2.24) is 5.32 Å². The van der Waals surface area contributed by atoms with Crippen LogP contribution >= 0.6 is 0 Å². The smallest absolute Gasteiger partial charge is 0.250 e. The van der Waals surface area contributed by atoms with Gasteiger partial charge in [-0.3, -0.25) is 9.59 Å². The standard InChI is InChI=1S/C15H14N2O3/c18-14-9-13(16-14)15(19)17(10-12-7-4-8-20-12)11-5-2-1-3-6-11/h1-8,13H,9-10H2,(H,16,18)/t13-/m1/s1. The number of β-lactam (4-membered cyclic amide) rings is 1. The highest BCUT2D eigenvalue weighted by molar-refractivity contribution is 6.04. The van der Waals surface area contributed by atoms with E-state index in [1.807, 2.05) is 36.4 Å². The van der Waals surface area contributed by atoms with Gasteiger partial charge in [-0.05, 0) is 24.3 Å². The van der Waals surface area contributed by atoms with E-state index in [1.165, 1.54) is 0 Å². The van der Waals surface area contributed by atoms with Gasteiger partial charge >= 0.3 is 0 Å². The van der Waals surface area contributed by atoms with E-state index in [0.717, 1.165) is 5.69 Å². The molecule has 2 aromatic rings. The van der Waals surface area contributed by atoms with Crippen molar-refractivity contribution < 1.29 is 14.0 Å². The van der Waals surface area contributed by atoms with Gasteiger partial charge in [0.05, 0.1) is 19.2 Å². The van der Waals surface area contributed by atoms with E-state index >= 15 is 0 Å². The lowest BCUT2D eigenvalue weighted by atomic mass is 10.0. The largest absolute Gasteiger partial charge is 0.467 e. The average molecular weight is 270 g/mol. The monoisotopic (exact) mass is 270 g/mol. The summed E-state index contributed by atoms with van der Waals surface area (Å²) in [5.41, 5.74) is 0.787. The minimum atomic E-state index is -0.433. The summed E-state index contributed by atoms with van der Waals surface area (Å²) in [7, 11) is 0. The van der Waals surface area contributed by atoms with Gasteiger partial charge in [0.25, 0.3) is 5.91 Å². The fraction of sp³-hybridized carbons (Fsp3) is 0.200. The van der Waals surface area contributed by atoms with E-state index in [9.17, 15) is 9.59 Å². The number of hydrogen-bond donors (Lipinski definition) is 1. The number of carbonyl (C=O) groups is 2. The lowest BCUT2D eigenvalue weighted by Gasteiger charge is -2.31. The number of amides is 2. The molecule has 102 valence electrons. The van der Waals surface area contributed by atoms with Crippen molar-refractivity contribution >= 4 is 17.5 Å². The Hall–Kier alpha value is -2.56. The molecule has 0 aliphatic carbocycles. The number of hydrogen-bond acceptors (Lipinski definition) is 3. The first-order valence-corrected chi connectivity index (χ1v) is 6.42. The lowest BCUT2D eigenvalue weighted by molar-refractivity contribution is -0.136. The van der Waals surface area contributed by atoms with Crippen LogP contribution in [0.4, 0.5) is 5.69 Å². The Morgan fingerprint density at radius 3 is 2.60 bits per heavy atom. The van der Waals surface area contributed by atoms with Gasteiger partial charge in [-0.25, -0.2) is 0 Å². The summed E-state index contributed by atoms with van der Waals surface area (Å²) in [6, 6.07) is 12.5. The fourth-order valence-corrected chi connectivity index (χ4v) is 2.16. The number of furan rings is 1. The number of rotatable bonds is 4. The van der Waals surface area contributed by atoms with Crippen molar-refractivity contribution in [3.63, 3.8) is 0 Å². The maximum atomic E-state index is 12.5. The lowest BCUT2D eigenvalue weighted by Crippen LogP contribution is -2.57. The second-order valence-corrected chi connectivity index (χ2v) is 4.66. The van der Waals surface area contributed by atoms with E-state index in [4.69, 9.17) is 4.42 Å². The Morgan fingerprint density at radius 1 is 1.25 bits per heavy atom. The Kier molecular flexibility index (Phi) is 3.25. The Labute approximate surface area is 116 Å². The van der Waals surface area contributed by atoms with E-state index in [0.29, 0.717) is 12.3 Å². The molecular formula is C15H14N2O3. The average Bonchev–Trinajstić information content (AvgIpc) is 2.95. The number of benzene rings is 1. The number of carbonyl (C=O) groups excluding carboxylic acids is 2. The van der Waals surface area contributed by atoms with Gasteiger partial charge in [0.2, 0.25) is 5.91 Å². The maximum Gasteiger partial charge on any atom is 0.250 e. The summed E-state index contributed by atoms with van der Waals surface area (Å²) in [6.45, 7) is 0.349. The van der Waals surface area contributed by atoms with Crippen molar-refractivity contribution in [1.29, 1.82) is 0 Å². The van der Waals surface area contributed by atoms with E-state index < -0.39 is 6.04 Å². The molecule has 1 aliphatic rings. The molecule has 1 fully saturated rings. The van der Waals surface area contributed by atoms with E-state index in [-0.39, 0.29) is 18.2 Å². The van der Waals surface area contributed by atoms with Gasteiger partial charge in [-0.1, -0.05) is 18.2 Å². The van der Waals surface area contributed by atoms with Crippen LogP contribution in [-0.2, 0) is 16.1 Å². The molecular weight excluding hydrogens is 256 g/mol. The van der Waals surface area contributed by atoms with Crippen LogP contribution in [0.1, 0.15) is 12.2 Å². The molecule has 0 spiro atoms. The van der Waals surface area contributed by atoms with E-state index in [1.54, 1.807) is 17.2 Å². The zero-order valence-corrected chi connectivity index (χ0v) is 10.8. The molecule has 3 rings (SSSR count). The topological polar surface area (TPSA) is 62.6 Å². The summed E-state index contributed by atoms with van der Waals surface area (Å²) in [5, 5.41) is 2.61. The van der Waals surface area contributed by atoms with Crippen LogP contribution in [0.3, 0.4) is 0 Å². The fourth-order valence-electron chi connectivity index (χ4n) is 2.16. The van der Waals surface area contributed by atoms with Gasteiger partial charge < -0.3 is 14.6 Å². The summed E-state index contributed by atoms with van der Waals surface area (Å²) >= 11 is 0. The van der Waals surface area contributed by atoms with Gasteiger partial charge in [0.1, 0.15) is 11.8 Å². The van der Waals surface area contributed by atoms with Crippen molar-refractivity contribution in [2.75, 3.05) is 4.90 Å². The molecule has 1 N–H and O–H groups in total. The van der Waals surface area contributed by atoms with Gasteiger partial charge in [0.15, 0.2) is 0 Å². The molecule has 1 atom stereocenters. The molecule has 20 heavy (non-hydrogen) atoms. The number of nitrogens with zero attached hydrogens (tertiary/aromatic N) is 1. The van der Waals surface area contributed by atoms with Crippen molar-refractivity contribution in [2.45, 2.75) is 19.0 Å². The second-order valence-electron chi connectivity index (χ2n) is 4.66. The third-order valence-corrected chi connectivity index (χ3v) is 3.25. The molecule has 1 aliphatic heterocycles. The normalized spacial score (nSPS) is 17.2. The summed E-state index contributed by atoms with van der Waals surface area (Å²) in [6.07, 6.45) is 1.83. The summed E-state index contributed by atoms with van der Waals surface area (Å²) in [5.74, 6) is 0.495. The van der Waals surface area contributed by atoms with Crippen LogP contribution in [0, 0.1) is 0 Å². The van der Waals surface area contributed by atoms with Crippen molar-refractivity contribution in [2.24, 2.45) is 0 Å². The Morgan fingerprint density at radius 2 is 2.00 bits per heavy atom. The third-order valence-electron chi connectivity index (χ3n) is 3.25.